The summed E-state index contributed by atoms with van der Waals surface area (Å²) in [5, 5.41) is 0. The normalized spacial score (nSPS) is 15.9. The van der Waals surface area contributed by atoms with Crippen molar-refractivity contribution < 1.29 is 0 Å². The molecule has 1 fully saturated rings. The molecule has 0 aliphatic heterocycles. The van der Waals surface area contributed by atoms with Crippen LogP contribution in [0.25, 0.3) is 0 Å². The Labute approximate surface area is 89.9 Å². The molecule has 0 unspecified atom stereocenters. The van der Waals surface area contributed by atoms with Gasteiger partial charge in [0.2, 0.25) is 0 Å². The number of H-pyrrole nitrogens is 1. The van der Waals surface area contributed by atoms with Crippen LogP contribution in [0.4, 0.5) is 0 Å². The molecule has 0 bridgehead atoms. The van der Waals surface area contributed by atoms with Crippen LogP contribution in [0, 0.1) is 0 Å². The van der Waals surface area contributed by atoms with Crippen molar-refractivity contribution in [1.29, 1.82) is 0 Å². The summed E-state index contributed by atoms with van der Waals surface area (Å²) in [6, 6.07) is 1.66. The maximum absolute atomic E-state index is 11.5. The van der Waals surface area contributed by atoms with Crippen LogP contribution >= 0.6 is 0 Å². The minimum Gasteiger partial charge on any atom is -0.310 e. The molecule has 0 aromatic carbocycles. The lowest BCUT2D eigenvalue weighted by Crippen LogP contribution is -2.14. The molecule has 1 saturated carbocycles. The van der Waals surface area contributed by atoms with Gasteiger partial charge in [-0.15, -0.1) is 0 Å². The van der Waals surface area contributed by atoms with Crippen LogP contribution in [0.1, 0.15) is 62.9 Å². The van der Waals surface area contributed by atoms with E-state index in [2.05, 4.69) is 23.8 Å². The van der Waals surface area contributed by atoms with E-state index < -0.39 is 0 Å². The van der Waals surface area contributed by atoms with Gasteiger partial charge < -0.3 is 4.98 Å². The van der Waals surface area contributed by atoms with Gasteiger partial charge in [-0.1, -0.05) is 13.8 Å². The van der Waals surface area contributed by atoms with Crippen LogP contribution in [0.2, 0.25) is 0 Å². The summed E-state index contributed by atoms with van der Waals surface area (Å²) in [5.41, 5.74) is 0.986. The highest BCUT2D eigenvalue weighted by atomic mass is 16.1. The fraction of sp³-hybridized carbons (Fsp3) is 0.667. The molecule has 3 heteroatoms. The number of nitrogens with zero attached hydrogens (tertiary/aromatic N) is 1. The van der Waals surface area contributed by atoms with Crippen LogP contribution < -0.4 is 5.56 Å². The molecule has 3 nitrogen and oxygen atoms in total. The molecule has 1 N–H and O–H groups in total. The van der Waals surface area contributed by atoms with Crippen molar-refractivity contribution in [2.45, 2.75) is 51.4 Å². The fourth-order valence-electron chi connectivity index (χ4n) is 1.96. The first kappa shape index (κ1) is 10.4. The van der Waals surface area contributed by atoms with Gasteiger partial charge in [0, 0.05) is 17.9 Å². The van der Waals surface area contributed by atoms with E-state index in [1.54, 1.807) is 6.07 Å². The Kier molecular flexibility index (Phi) is 2.89. The smallest absolute Gasteiger partial charge is 0.251 e. The molecule has 1 aliphatic carbocycles. The molecule has 0 spiro atoms. The summed E-state index contributed by atoms with van der Waals surface area (Å²) in [7, 11) is 0. The quantitative estimate of drug-likeness (QED) is 0.822. The van der Waals surface area contributed by atoms with Crippen LogP contribution in [0.3, 0.4) is 0 Å². The van der Waals surface area contributed by atoms with Crippen molar-refractivity contribution in [3.8, 4) is 0 Å². The maximum Gasteiger partial charge on any atom is 0.251 e. The second-order valence-corrected chi connectivity index (χ2v) is 4.34. The minimum atomic E-state index is 0.00815. The zero-order valence-electron chi connectivity index (χ0n) is 9.42. The lowest BCUT2D eigenvalue weighted by Gasteiger charge is -2.12. The molecule has 1 heterocycles. The molecule has 0 saturated heterocycles. The van der Waals surface area contributed by atoms with Crippen molar-refractivity contribution in [2.75, 3.05) is 0 Å². The van der Waals surface area contributed by atoms with E-state index in [-0.39, 0.29) is 5.56 Å². The van der Waals surface area contributed by atoms with Crippen molar-refractivity contribution in [2.24, 2.45) is 0 Å². The summed E-state index contributed by atoms with van der Waals surface area (Å²) in [6.45, 7) is 4.29. The average molecular weight is 206 g/mol. The van der Waals surface area contributed by atoms with E-state index in [0.29, 0.717) is 11.8 Å². The maximum atomic E-state index is 11.5. The van der Waals surface area contributed by atoms with Crippen molar-refractivity contribution in [1.82, 2.24) is 9.97 Å². The summed E-state index contributed by atoms with van der Waals surface area (Å²) in [4.78, 5) is 18.9. The van der Waals surface area contributed by atoms with E-state index in [0.717, 1.165) is 24.4 Å². The van der Waals surface area contributed by atoms with E-state index in [9.17, 15) is 4.79 Å². The Bertz CT molecular complexity index is 389. The highest BCUT2D eigenvalue weighted by Crippen LogP contribution is 2.37. The SMILES string of the molecule is CCC(CC)c1cc(=O)[nH]c(C2CC2)n1. The first-order chi connectivity index (χ1) is 7.24. The number of aromatic nitrogens is 2. The first-order valence-electron chi connectivity index (χ1n) is 5.85. The number of rotatable bonds is 4. The highest BCUT2D eigenvalue weighted by Gasteiger charge is 2.26. The van der Waals surface area contributed by atoms with Gasteiger partial charge in [0.05, 0.1) is 5.69 Å². The highest BCUT2D eigenvalue weighted by molar-refractivity contribution is 5.13. The summed E-state index contributed by atoms with van der Waals surface area (Å²) in [5.74, 6) is 1.86. The van der Waals surface area contributed by atoms with Gasteiger partial charge in [-0.05, 0) is 25.7 Å². The lowest BCUT2D eigenvalue weighted by atomic mass is 9.99. The number of hydrogen-bond acceptors (Lipinski definition) is 2. The van der Waals surface area contributed by atoms with Gasteiger partial charge in [-0.3, -0.25) is 4.79 Å². The van der Waals surface area contributed by atoms with Crippen molar-refractivity contribution in [3.63, 3.8) is 0 Å². The Morgan fingerprint density at radius 3 is 2.67 bits per heavy atom. The number of nitrogens with one attached hydrogen (secondary N) is 1. The van der Waals surface area contributed by atoms with E-state index in [4.69, 9.17) is 0 Å². The minimum absolute atomic E-state index is 0.00815. The molecule has 15 heavy (non-hydrogen) atoms. The monoisotopic (exact) mass is 206 g/mol. The van der Waals surface area contributed by atoms with Crippen LogP contribution in [-0.2, 0) is 0 Å². The van der Waals surface area contributed by atoms with Gasteiger partial charge in [0.15, 0.2) is 0 Å². The first-order valence-corrected chi connectivity index (χ1v) is 5.85. The van der Waals surface area contributed by atoms with Gasteiger partial charge in [0.1, 0.15) is 5.82 Å². The third-order valence-electron chi connectivity index (χ3n) is 3.15. The average Bonchev–Trinajstić information content (AvgIpc) is 3.02. The zero-order valence-corrected chi connectivity index (χ0v) is 9.42. The summed E-state index contributed by atoms with van der Waals surface area (Å²) < 4.78 is 0. The Morgan fingerprint density at radius 1 is 1.47 bits per heavy atom. The second-order valence-electron chi connectivity index (χ2n) is 4.34. The lowest BCUT2D eigenvalue weighted by molar-refractivity contribution is 0.614. The topological polar surface area (TPSA) is 45.8 Å². The van der Waals surface area contributed by atoms with Crippen molar-refractivity contribution >= 4 is 0 Å². The predicted molar refractivity (Wildman–Crippen MR) is 60.2 cm³/mol. The summed E-state index contributed by atoms with van der Waals surface area (Å²) in [6.07, 6.45) is 4.46. The van der Waals surface area contributed by atoms with E-state index >= 15 is 0 Å². The number of aromatic amines is 1. The molecule has 0 atom stereocenters. The fourth-order valence-corrected chi connectivity index (χ4v) is 1.96. The van der Waals surface area contributed by atoms with Crippen LogP contribution in [0.15, 0.2) is 10.9 Å². The third kappa shape index (κ3) is 2.28. The summed E-state index contributed by atoms with van der Waals surface area (Å²) >= 11 is 0. The van der Waals surface area contributed by atoms with Gasteiger partial charge in [-0.2, -0.15) is 0 Å². The molecule has 1 aromatic rings. The van der Waals surface area contributed by atoms with E-state index in [1.165, 1.54) is 12.8 Å². The van der Waals surface area contributed by atoms with Crippen LogP contribution in [0.5, 0.6) is 0 Å². The molecular formula is C12H18N2O. The van der Waals surface area contributed by atoms with Gasteiger partial charge in [0.25, 0.3) is 5.56 Å². The zero-order chi connectivity index (χ0) is 10.8. The molecule has 2 rings (SSSR count). The Morgan fingerprint density at radius 2 is 2.13 bits per heavy atom. The van der Waals surface area contributed by atoms with Crippen molar-refractivity contribution in [3.05, 3.63) is 27.9 Å². The molecular weight excluding hydrogens is 188 g/mol. The molecule has 0 amide bonds. The molecule has 1 aliphatic rings. The Balaban J connectivity index is 2.33. The van der Waals surface area contributed by atoms with Gasteiger partial charge >= 0.3 is 0 Å². The Hall–Kier alpha value is -1.12. The van der Waals surface area contributed by atoms with Crippen LogP contribution in [-0.4, -0.2) is 9.97 Å². The molecule has 82 valence electrons. The van der Waals surface area contributed by atoms with Gasteiger partial charge in [-0.25, -0.2) is 4.98 Å². The third-order valence-corrected chi connectivity index (χ3v) is 3.15. The number of hydrogen-bond donors (Lipinski definition) is 1. The molecule has 1 aromatic heterocycles. The standard InChI is InChI=1S/C12H18N2O/c1-3-8(4-2)10-7-11(15)14-12(13-10)9-5-6-9/h7-9H,3-6H2,1-2H3,(H,13,14,15). The molecule has 0 radical (unpaired) electrons. The predicted octanol–water partition coefficient (Wildman–Crippen LogP) is 2.55. The largest absolute Gasteiger partial charge is 0.310 e. The van der Waals surface area contributed by atoms with E-state index in [1.807, 2.05) is 0 Å². The second kappa shape index (κ2) is 4.17.